The highest BCUT2D eigenvalue weighted by Gasteiger charge is 2.18. The number of nitrogens with zero attached hydrogens (tertiary/aromatic N) is 4. The normalized spacial score (nSPS) is 15.2. The highest BCUT2D eigenvalue weighted by Crippen LogP contribution is 2.25. The van der Waals surface area contributed by atoms with Crippen LogP contribution in [-0.4, -0.2) is 25.2 Å². The second-order valence-electron chi connectivity index (χ2n) is 8.47. The Labute approximate surface area is 195 Å². The molecule has 1 atom stereocenters. The Morgan fingerprint density at radius 3 is 2.62 bits per heavy atom. The van der Waals surface area contributed by atoms with Gasteiger partial charge in [-0.25, -0.2) is 9.67 Å². The summed E-state index contributed by atoms with van der Waals surface area (Å²) in [6.45, 7) is 2.42. The van der Waals surface area contributed by atoms with Gasteiger partial charge in [-0.3, -0.25) is 14.9 Å². The number of carbonyl (C=O) groups is 1. The Hall–Kier alpha value is -4.52. The van der Waals surface area contributed by atoms with E-state index in [4.69, 9.17) is 4.98 Å². The van der Waals surface area contributed by atoms with E-state index in [-0.39, 0.29) is 17.5 Å². The number of aromatic nitrogens is 4. The maximum absolute atomic E-state index is 13.2. The molecule has 0 fully saturated rings. The summed E-state index contributed by atoms with van der Waals surface area (Å²) >= 11 is 0. The Kier molecular flexibility index (Phi) is 4.62. The topological polar surface area (TPSA) is 81.8 Å². The van der Waals surface area contributed by atoms with Gasteiger partial charge in [0.2, 0.25) is 5.95 Å². The molecule has 1 aliphatic heterocycles. The minimum absolute atomic E-state index is 0.196. The summed E-state index contributed by atoms with van der Waals surface area (Å²) in [5.74, 6) is 0.225. The van der Waals surface area contributed by atoms with Crippen molar-refractivity contribution in [3.63, 3.8) is 0 Å². The van der Waals surface area contributed by atoms with E-state index >= 15 is 0 Å². The van der Waals surface area contributed by atoms with Gasteiger partial charge < -0.3 is 4.57 Å². The lowest BCUT2D eigenvalue weighted by atomic mass is 10.0. The number of hydrogen-bond acceptors (Lipinski definition) is 4. The maximum Gasteiger partial charge on any atom is 0.267 e. The van der Waals surface area contributed by atoms with Crippen LogP contribution in [0.4, 0.5) is 5.95 Å². The van der Waals surface area contributed by atoms with Crippen molar-refractivity contribution in [2.45, 2.75) is 19.5 Å². The Balaban J connectivity index is 1.60. The number of nitrogens with one attached hydrogen (secondary N) is 1. The molecule has 6 rings (SSSR count). The van der Waals surface area contributed by atoms with Crippen molar-refractivity contribution < 1.29 is 4.79 Å². The lowest BCUT2D eigenvalue weighted by molar-refractivity contribution is 0.102. The van der Waals surface area contributed by atoms with Crippen LogP contribution >= 0.6 is 0 Å². The summed E-state index contributed by atoms with van der Waals surface area (Å²) in [5, 5.41) is 7.68. The second kappa shape index (κ2) is 7.81. The van der Waals surface area contributed by atoms with Crippen LogP contribution in [0.2, 0.25) is 0 Å². The third-order valence-electron chi connectivity index (χ3n) is 6.27. The average Bonchev–Trinajstić information content (AvgIpc) is 3.20. The highest BCUT2D eigenvalue weighted by molar-refractivity contribution is 6.04. The molecule has 7 heteroatoms. The SMILES string of the molecule is CC1c2cccc(c2)C(=O)Nc2nc3ccccc3n2Cc2cccc(c2)-c2ccc(=O)n1n2. The zero-order valence-electron chi connectivity index (χ0n) is 18.5. The van der Waals surface area contributed by atoms with Crippen LogP contribution in [0.15, 0.2) is 89.7 Å². The van der Waals surface area contributed by atoms with Crippen LogP contribution in [0.5, 0.6) is 0 Å². The van der Waals surface area contributed by atoms with Gasteiger partial charge in [0, 0.05) is 17.2 Å². The molecule has 1 aliphatic rings. The predicted octanol–water partition coefficient (Wildman–Crippen LogP) is 4.48. The van der Waals surface area contributed by atoms with Gasteiger partial charge >= 0.3 is 0 Å². The van der Waals surface area contributed by atoms with E-state index in [2.05, 4.69) is 16.5 Å². The number of imidazole rings is 1. The van der Waals surface area contributed by atoms with Crippen LogP contribution in [0.25, 0.3) is 22.3 Å². The zero-order chi connectivity index (χ0) is 23.2. The van der Waals surface area contributed by atoms with E-state index in [1.807, 2.05) is 66.1 Å². The van der Waals surface area contributed by atoms with E-state index in [0.717, 1.165) is 27.7 Å². The third kappa shape index (κ3) is 3.38. The molecule has 166 valence electrons. The molecular weight excluding hydrogens is 426 g/mol. The van der Waals surface area contributed by atoms with E-state index in [0.29, 0.717) is 23.8 Å². The fraction of sp³-hybridized carbons (Fsp3) is 0.111. The second-order valence-corrected chi connectivity index (χ2v) is 8.47. The molecule has 6 bridgehead atoms. The molecule has 1 amide bonds. The van der Waals surface area contributed by atoms with Gasteiger partial charge in [0.05, 0.1) is 29.3 Å². The zero-order valence-corrected chi connectivity index (χ0v) is 18.5. The van der Waals surface area contributed by atoms with Crippen molar-refractivity contribution in [1.29, 1.82) is 0 Å². The number of benzene rings is 3. The van der Waals surface area contributed by atoms with Crippen LogP contribution in [0, 0.1) is 0 Å². The molecule has 2 aromatic heterocycles. The molecule has 0 radical (unpaired) electrons. The van der Waals surface area contributed by atoms with Gasteiger partial charge in [-0.05, 0) is 54.4 Å². The van der Waals surface area contributed by atoms with E-state index in [1.165, 1.54) is 4.68 Å². The smallest absolute Gasteiger partial charge is 0.267 e. The van der Waals surface area contributed by atoms with Crippen molar-refractivity contribution in [3.05, 3.63) is 112 Å². The van der Waals surface area contributed by atoms with E-state index in [9.17, 15) is 9.59 Å². The van der Waals surface area contributed by atoms with Crippen LogP contribution in [0.1, 0.15) is 34.5 Å². The Bertz CT molecular complexity index is 1630. The molecule has 0 saturated heterocycles. The molecule has 1 N–H and O–H groups in total. The van der Waals surface area contributed by atoms with Gasteiger partial charge in [-0.15, -0.1) is 0 Å². The molecule has 3 aromatic carbocycles. The van der Waals surface area contributed by atoms with Gasteiger partial charge in [0.25, 0.3) is 11.5 Å². The summed E-state index contributed by atoms with van der Waals surface area (Å²) in [4.78, 5) is 30.6. The fourth-order valence-corrected chi connectivity index (χ4v) is 4.45. The molecule has 7 nitrogen and oxygen atoms in total. The highest BCUT2D eigenvalue weighted by atomic mass is 16.2. The number of anilines is 1. The van der Waals surface area contributed by atoms with Crippen molar-refractivity contribution in [2.24, 2.45) is 0 Å². The molecule has 0 saturated carbocycles. The van der Waals surface area contributed by atoms with Crippen LogP contribution in [0.3, 0.4) is 0 Å². The minimum Gasteiger partial charge on any atom is -0.305 e. The molecule has 34 heavy (non-hydrogen) atoms. The van der Waals surface area contributed by atoms with Gasteiger partial charge in [-0.2, -0.15) is 5.10 Å². The molecule has 1 unspecified atom stereocenters. The first kappa shape index (κ1) is 20.1. The summed E-state index contributed by atoms with van der Waals surface area (Å²) < 4.78 is 3.48. The summed E-state index contributed by atoms with van der Waals surface area (Å²) in [6, 6.07) is 26.1. The lowest BCUT2D eigenvalue weighted by Gasteiger charge is -2.16. The fourth-order valence-electron chi connectivity index (χ4n) is 4.45. The van der Waals surface area contributed by atoms with Crippen LogP contribution < -0.4 is 10.9 Å². The Morgan fingerprint density at radius 1 is 0.882 bits per heavy atom. The minimum atomic E-state index is -0.349. The first-order chi connectivity index (χ1) is 16.6. The van der Waals surface area contributed by atoms with Crippen molar-refractivity contribution in [3.8, 4) is 11.3 Å². The molecular formula is C27H21N5O2. The van der Waals surface area contributed by atoms with Crippen molar-refractivity contribution >= 4 is 22.9 Å². The van der Waals surface area contributed by atoms with Gasteiger partial charge in [-0.1, -0.05) is 42.5 Å². The number of carbonyl (C=O) groups excluding carboxylic acids is 1. The van der Waals surface area contributed by atoms with Crippen molar-refractivity contribution in [2.75, 3.05) is 5.32 Å². The first-order valence-corrected chi connectivity index (χ1v) is 11.1. The summed E-state index contributed by atoms with van der Waals surface area (Å²) in [5.41, 5.74) is 5.51. The number of amides is 1. The molecule has 3 heterocycles. The number of hydrogen-bond donors (Lipinski definition) is 1. The molecule has 5 aromatic rings. The van der Waals surface area contributed by atoms with E-state index in [1.54, 1.807) is 24.3 Å². The predicted molar refractivity (Wildman–Crippen MR) is 131 cm³/mol. The molecule has 0 spiro atoms. The lowest BCUT2D eigenvalue weighted by Crippen LogP contribution is -2.26. The largest absolute Gasteiger partial charge is 0.305 e. The van der Waals surface area contributed by atoms with Gasteiger partial charge in [0.15, 0.2) is 0 Å². The van der Waals surface area contributed by atoms with Crippen LogP contribution in [-0.2, 0) is 6.54 Å². The van der Waals surface area contributed by atoms with Crippen molar-refractivity contribution in [1.82, 2.24) is 19.3 Å². The monoisotopic (exact) mass is 447 g/mol. The summed E-state index contributed by atoms with van der Waals surface area (Å²) in [6.07, 6.45) is 0. The third-order valence-corrected chi connectivity index (χ3v) is 6.27. The average molecular weight is 447 g/mol. The number of rotatable bonds is 0. The van der Waals surface area contributed by atoms with E-state index < -0.39 is 0 Å². The number of fused-ring (bicyclic) bond motifs is 10. The Morgan fingerprint density at radius 2 is 1.71 bits per heavy atom. The molecule has 0 aliphatic carbocycles. The quantitative estimate of drug-likeness (QED) is 0.379. The maximum atomic E-state index is 13.2. The summed E-state index contributed by atoms with van der Waals surface area (Å²) in [7, 11) is 0. The first-order valence-electron chi connectivity index (χ1n) is 11.1. The number of para-hydroxylation sites is 2. The standard InChI is InChI=1S/C27H21N5O2/c1-17-19-7-5-9-21(15-19)26(34)29-27-28-23-10-2-3-11-24(23)31(27)16-18-6-4-8-20(14-18)22-12-13-25(33)32(17)30-22/h2-15,17H,16H2,1H3,(H,28,29,34). The van der Waals surface area contributed by atoms with Gasteiger partial charge in [0.1, 0.15) is 0 Å².